The highest BCUT2D eigenvalue weighted by Crippen LogP contribution is 2.42. The molecule has 0 aliphatic carbocycles. The zero-order valence-electron chi connectivity index (χ0n) is 19.3. The first kappa shape index (κ1) is 18.8. The molecule has 0 atom stereocenters. The predicted molar refractivity (Wildman–Crippen MR) is 150 cm³/mol. The SMILES string of the molecule is Cc1ccc2c(ccc3cc(-c4cc5c6ccccc6[nH]c5c5[nH]c6ccccc6c45)ccc32)c1. The maximum Gasteiger partial charge on any atom is 0.0716 e. The van der Waals surface area contributed by atoms with Crippen LogP contribution in [0.4, 0.5) is 0 Å². The summed E-state index contributed by atoms with van der Waals surface area (Å²) in [5.74, 6) is 0. The van der Waals surface area contributed by atoms with E-state index in [9.17, 15) is 0 Å². The van der Waals surface area contributed by atoms with E-state index in [4.69, 9.17) is 0 Å². The van der Waals surface area contributed by atoms with E-state index in [2.05, 4.69) is 120 Å². The number of rotatable bonds is 1. The van der Waals surface area contributed by atoms with Crippen molar-refractivity contribution >= 4 is 65.2 Å². The van der Waals surface area contributed by atoms with Crippen molar-refractivity contribution in [3.63, 3.8) is 0 Å². The maximum absolute atomic E-state index is 3.73. The van der Waals surface area contributed by atoms with E-state index in [1.807, 2.05) is 0 Å². The zero-order valence-corrected chi connectivity index (χ0v) is 19.3. The molecule has 2 N–H and O–H groups in total. The molecule has 8 aromatic rings. The second-order valence-electron chi connectivity index (χ2n) is 9.66. The summed E-state index contributed by atoms with van der Waals surface area (Å²) in [6, 6.07) is 37.8. The van der Waals surface area contributed by atoms with Gasteiger partial charge in [0.05, 0.1) is 11.0 Å². The van der Waals surface area contributed by atoms with E-state index in [1.165, 1.54) is 76.3 Å². The summed E-state index contributed by atoms with van der Waals surface area (Å²) in [5.41, 5.74) is 8.47. The first-order valence-electron chi connectivity index (χ1n) is 12.1. The van der Waals surface area contributed by atoms with Crippen LogP contribution in [0.25, 0.3) is 76.3 Å². The van der Waals surface area contributed by atoms with Gasteiger partial charge in [0.25, 0.3) is 0 Å². The minimum absolute atomic E-state index is 1.16. The average Bonchev–Trinajstić information content (AvgIpc) is 3.46. The van der Waals surface area contributed by atoms with Crippen LogP contribution in [0.3, 0.4) is 0 Å². The van der Waals surface area contributed by atoms with E-state index in [1.54, 1.807) is 0 Å². The summed E-state index contributed by atoms with van der Waals surface area (Å²) in [7, 11) is 0. The van der Waals surface area contributed by atoms with Gasteiger partial charge in [-0.15, -0.1) is 0 Å². The molecule has 2 heterocycles. The number of H-pyrrole nitrogens is 2. The third-order valence-corrected chi connectivity index (χ3v) is 7.56. The molecule has 35 heavy (non-hydrogen) atoms. The molecular weight excluding hydrogens is 424 g/mol. The molecule has 0 spiro atoms. The van der Waals surface area contributed by atoms with Gasteiger partial charge in [0.15, 0.2) is 0 Å². The Labute approximate surface area is 201 Å². The number of para-hydroxylation sites is 2. The van der Waals surface area contributed by atoms with Gasteiger partial charge in [-0.05, 0) is 63.9 Å². The topological polar surface area (TPSA) is 31.6 Å². The van der Waals surface area contributed by atoms with Crippen LogP contribution in [-0.4, -0.2) is 9.97 Å². The normalized spacial score (nSPS) is 12.1. The molecule has 0 bridgehead atoms. The number of benzene rings is 6. The van der Waals surface area contributed by atoms with Crippen LogP contribution in [0.2, 0.25) is 0 Å². The molecular formula is C33H22N2. The molecule has 0 aliphatic heterocycles. The quantitative estimate of drug-likeness (QED) is 0.236. The Kier molecular flexibility index (Phi) is 3.62. The molecule has 0 aliphatic rings. The molecule has 0 saturated heterocycles. The third kappa shape index (κ3) is 2.59. The van der Waals surface area contributed by atoms with E-state index < -0.39 is 0 Å². The van der Waals surface area contributed by atoms with Gasteiger partial charge in [-0.2, -0.15) is 0 Å². The fourth-order valence-corrected chi connectivity index (χ4v) is 5.92. The Morgan fingerprint density at radius 3 is 1.97 bits per heavy atom. The lowest BCUT2D eigenvalue weighted by molar-refractivity contribution is 1.51. The minimum atomic E-state index is 1.16. The second-order valence-corrected chi connectivity index (χ2v) is 9.66. The Bertz CT molecular complexity index is 2120. The summed E-state index contributed by atoms with van der Waals surface area (Å²) in [6.45, 7) is 2.15. The van der Waals surface area contributed by atoms with Crippen molar-refractivity contribution in [3.8, 4) is 11.1 Å². The summed E-state index contributed by atoms with van der Waals surface area (Å²) in [4.78, 5) is 7.41. The van der Waals surface area contributed by atoms with Crippen molar-refractivity contribution in [3.05, 3.63) is 109 Å². The van der Waals surface area contributed by atoms with Crippen LogP contribution in [0, 0.1) is 6.92 Å². The van der Waals surface area contributed by atoms with Gasteiger partial charge < -0.3 is 9.97 Å². The van der Waals surface area contributed by atoms with Crippen molar-refractivity contribution in [2.45, 2.75) is 6.92 Å². The molecule has 6 aromatic carbocycles. The van der Waals surface area contributed by atoms with Crippen molar-refractivity contribution in [1.29, 1.82) is 0 Å². The molecule has 0 radical (unpaired) electrons. The third-order valence-electron chi connectivity index (χ3n) is 7.56. The molecule has 0 saturated carbocycles. The first-order valence-corrected chi connectivity index (χ1v) is 12.1. The summed E-state index contributed by atoms with van der Waals surface area (Å²) in [5, 5.41) is 10.2. The highest BCUT2D eigenvalue weighted by Gasteiger charge is 2.17. The lowest BCUT2D eigenvalue weighted by atomic mass is 9.93. The Morgan fingerprint density at radius 1 is 0.486 bits per heavy atom. The largest absolute Gasteiger partial charge is 0.353 e. The van der Waals surface area contributed by atoms with Crippen LogP contribution < -0.4 is 0 Å². The number of hydrogen-bond acceptors (Lipinski definition) is 0. The van der Waals surface area contributed by atoms with Gasteiger partial charge in [-0.3, -0.25) is 0 Å². The summed E-state index contributed by atoms with van der Waals surface area (Å²) in [6.07, 6.45) is 0. The van der Waals surface area contributed by atoms with Crippen molar-refractivity contribution < 1.29 is 0 Å². The molecule has 164 valence electrons. The van der Waals surface area contributed by atoms with E-state index >= 15 is 0 Å². The second kappa shape index (κ2) is 6.74. The molecule has 0 amide bonds. The van der Waals surface area contributed by atoms with Gasteiger partial charge in [0.1, 0.15) is 0 Å². The Balaban J connectivity index is 1.50. The molecule has 0 unspecified atom stereocenters. The van der Waals surface area contributed by atoms with Crippen LogP contribution in [-0.2, 0) is 0 Å². The zero-order chi connectivity index (χ0) is 23.1. The monoisotopic (exact) mass is 446 g/mol. The summed E-state index contributed by atoms with van der Waals surface area (Å²) >= 11 is 0. The van der Waals surface area contributed by atoms with Crippen molar-refractivity contribution in [2.24, 2.45) is 0 Å². The standard InChI is InChI=1S/C33H22N2/c1-19-10-14-23-20(16-19)11-12-21-17-22(13-15-24(21)23)27-18-28-25-6-2-4-8-29(25)34-32(28)33-31(27)26-7-3-5-9-30(26)35-33/h2-18,34-35H,1H3. The lowest BCUT2D eigenvalue weighted by Crippen LogP contribution is -1.84. The number of aromatic nitrogens is 2. The van der Waals surface area contributed by atoms with Gasteiger partial charge >= 0.3 is 0 Å². The van der Waals surface area contributed by atoms with Crippen molar-refractivity contribution in [1.82, 2.24) is 9.97 Å². The number of nitrogens with one attached hydrogen (secondary N) is 2. The van der Waals surface area contributed by atoms with Crippen LogP contribution >= 0.6 is 0 Å². The van der Waals surface area contributed by atoms with Crippen LogP contribution in [0.15, 0.2) is 103 Å². The van der Waals surface area contributed by atoms with Crippen molar-refractivity contribution in [2.75, 3.05) is 0 Å². The number of aryl methyl sites for hydroxylation is 1. The smallest absolute Gasteiger partial charge is 0.0716 e. The summed E-state index contributed by atoms with van der Waals surface area (Å²) < 4.78 is 0. The van der Waals surface area contributed by atoms with E-state index in [-0.39, 0.29) is 0 Å². The molecule has 2 nitrogen and oxygen atoms in total. The number of aromatic amines is 2. The first-order chi connectivity index (χ1) is 17.2. The Morgan fingerprint density at radius 2 is 1.14 bits per heavy atom. The minimum Gasteiger partial charge on any atom is -0.353 e. The fourth-order valence-electron chi connectivity index (χ4n) is 5.92. The fraction of sp³-hybridized carbons (Fsp3) is 0.0303. The molecule has 2 aromatic heterocycles. The molecule has 8 rings (SSSR count). The highest BCUT2D eigenvalue weighted by atomic mass is 14.8. The molecule has 2 heteroatoms. The maximum atomic E-state index is 3.73. The van der Waals surface area contributed by atoms with Crippen LogP contribution in [0.1, 0.15) is 5.56 Å². The average molecular weight is 447 g/mol. The number of fused-ring (bicyclic) bond motifs is 10. The highest BCUT2D eigenvalue weighted by molar-refractivity contribution is 6.26. The van der Waals surface area contributed by atoms with E-state index in [0.29, 0.717) is 0 Å². The van der Waals surface area contributed by atoms with Gasteiger partial charge in [-0.1, -0.05) is 84.4 Å². The lowest BCUT2D eigenvalue weighted by Gasteiger charge is -2.10. The van der Waals surface area contributed by atoms with Gasteiger partial charge in [0, 0.05) is 32.6 Å². The number of hydrogen-bond donors (Lipinski definition) is 2. The van der Waals surface area contributed by atoms with Gasteiger partial charge in [0.2, 0.25) is 0 Å². The molecule has 0 fully saturated rings. The Hall–Kier alpha value is -4.56. The predicted octanol–water partition coefficient (Wildman–Crippen LogP) is 9.24. The van der Waals surface area contributed by atoms with Crippen LogP contribution in [0.5, 0.6) is 0 Å². The van der Waals surface area contributed by atoms with E-state index in [0.717, 1.165) is 5.52 Å². The van der Waals surface area contributed by atoms with Gasteiger partial charge in [-0.25, -0.2) is 0 Å².